The normalized spacial score (nSPS) is 11.7. The van der Waals surface area contributed by atoms with Crippen molar-refractivity contribution in [1.29, 1.82) is 0 Å². The number of ether oxygens (including phenoxy) is 1. The van der Waals surface area contributed by atoms with Crippen LogP contribution in [0, 0.1) is 10.5 Å². The van der Waals surface area contributed by atoms with Crippen molar-refractivity contribution >= 4 is 38.5 Å². The molecular weight excluding hydrogens is 367 g/mol. The fraction of sp³-hybridized carbons (Fsp3) is 0.500. The van der Waals surface area contributed by atoms with Gasteiger partial charge in [0.25, 0.3) is 0 Å². The van der Waals surface area contributed by atoms with E-state index in [-0.39, 0.29) is 5.41 Å². The van der Waals surface area contributed by atoms with Gasteiger partial charge >= 0.3 is 0 Å². The van der Waals surface area contributed by atoms with Gasteiger partial charge in [-0.2, -0.15) is 0 Å². The average Bonchev–Trinajstić information content (AvgIpc) is 2.12. The Balaban J connectivity index is 3.53. The highest BCUT2D eigenvalue weighted by Crippen LogP contribution is 2.40. The van der Waals surface area contributed by atoms with Gasteiger partial charge in [0.1, 0.15) is 5.75 Å². The van der Waals surface area contributed by atoms with E-state index in [1.807, 2.05) is 0 Å². The van der Waals surface area contributed by atoms with Crippen molar-refractivity contribution in [1.82, 2.24) is 0 Å². The van der Waals surface area contributed by atoms with Crippen molar-refractivity contribution in [3.63, 3.8) is 0 Å². The molecule has 0 radical (unpaired) electrons. The van der Waals surface area contributed by atoms with E-state index in [1.54, 1.807) is 7.11 Å². The third-order valence-corrected chi connectivity index (χ3v) is 4.49. The summed E-state index contributed by atoms with van der Waals surface area (Å²) in [6.07, 6.45) is 0. The number of hydrogen-bond acceptors (Lipinski definition) is 1. The summed E-state index contributed by atoms with van der Waals surface area (Å²) in [5.74, 6) is 0.959. The molecule has 0 atom stereocenters. The fourth-order valence-corrected chi connectivity index (χ4v) is 2.99. The van der Waals surface area contributed by atoms with E-state index in [9.17, 15) is 0 Å². The van der Waals surface area contributed by atoms with Gasteiger partial charge in [0.15, 0.2) is 0 Å². The minimum atomic E-state index is 0.0987. The molecule has 0 N–H and O–H groups in total. The Bertz CT molecular complexity index is 380. The van der Waals surface area contributed by atoms with Crippen LogP contribution in [0.2, 0.25) is 0 Å². The van der Waals surface area contributed by atoms with Gasteiger partial charge in [-0.05, 0) is 62.5 Å². The Hall–Kier alpha value is 0.230. The first-order valence-electron chi connectivity index (χ1n) is 4.82. The number of benzene rings is 1. The Kier molecular flexibility index (Phi) is 4.09. The lowest BCUT2D eigenvalue weighted by atomic mass is 9.86. The monoisotopic (exact) mass is 382 g/mol. The van der Waals surface area contributed by atoms with Crippen LogP contribution in [0.1, 0.15) is 31.9 Å². The maximum Gasteiger partial charge on any atom is 0.137 e. The lowest BCUT2D eigenvalue weighted by molar-refractivity contribution is 0.394. The molecule has 0 aliphatic heterocycles. The van der Waals surface area contributed by atoms with E-state index in [0.29, 0.717) is 0 Å². The van der Waals surface area contributed by atoms with Gasteiger partial charge < -0.3 is 4.74 Å². The molecule has 0 fully saturated rings. The van der Waals surface area contributed by atoms with Crippen molar-refractivity contribution < 1.29 is 4.74 Å². The van der Waals surface area contributed by atoms with Gasteiger partial charge in [0, 0.05) is 9.13 Å². The van der Waals surface area contributed by atoms with E-state index in [1.165, 1.54) is 14.7 Å². The van der Waals surface area contributed by atoms with E-state index in [2.05, 4.69) is 72.3 Å². The largest absolute Gasteiger partial charge is 0.495 e. The molecule has 0 aromatic heterocycles. The molecule has 0 amide bonds. The molecule has 0 heterocycles. The van der Waals surface area contributed by atoms with Gasteiger partial charge in [0.2, 0.25) is 0 Å². The van der Waals surface area contributed by atoms with Gasteiger partial charge in [-0.1, -0.05) is 20.8 Å². The van der Waals surface area contributed by atoms with E-state index < -0.39 is 0 Å². The number of methoxy groups -OCH3 is 1. The second-order valence-electron chi connectivity index (χ2n) is 4.63. The van der Waals surface area contributed by atoms with Crippen molar-refractivity contribution in [2.24, 2.45) is 0 Å². The summed E-state index contributed by atoms with van der Waals surface area (Å²) in [6, 6.07) is 2.21. The first-order chi connectivity index (χ1) is 6.79. The van der Waals surface area contributed by atoms with Crippen LogP contribution in [-0.2, 0) is 5.41 Å². The van der Waals surface area contributed by atoms with E-state index in [4.69, 9.17) is 4.74 Å². The zero-order chi connectivity index (χ0) is 11.8. The molecule has 1 aromatic rings. The average molecular weight is 383 g/mol. The second-order valence-corrected chi connectivity index (χ2v) is 6.58. The lowest BCUT2D eigenvalue weighted by Gasteiger charge is -2.24. The summed E-state index contributed by atoms with van der Waals surface area (Å²) >= 11 is 5.97. The lowest BCUT2D eigenvalue weighted by Crippen LogP contribution is -2.14. The smallest absolute Gasteiger partial charge is 0.137 e. The quantitative estimate of drug-likeness (QED) is 0.641. The second kappa shape index (κ2) is 4.62. The molecule has 1 aromatic carbocycles. The van der Waals surface area contributed by atoms with Gasteiger partial charge in [0.05, 0.1) is 11.6 Å². The van der Waals surface area contributed by atoms with Gasteiger partial charge in [-0.15, -0.1) is 0 Å². The summed E-state index contributed by atoms with van der Waals surface area (Å²) in [4.78, 5) is 0. The highest BCUT2D eigenvalue weighted by atomic mass is 127. The minimum Gasteiger partial charge on any atom is -0.495 e. The number of hydrogen-bond donors (Lipinski definition) is 0. The molecule has 0 aliphatic rings. The molecule has 84 valence electrons. The maximum absolute atomic E-state index is 5.49. The molecule has 1 nitrogen and oxygen atoms in total. The van der Waals surface area contributed by atoms with Crippen molar-refractivity contribution in [3.8, 4) is 5.75 Å². The van der Waals surface area contributed by atoms with Crippen LogP contribution in [0.5, 0.6) is 5.75 Å². The third-order valence-electron chi connectivity index (χ3n) is 2.41. The Morgan fingerprint density at radius 1 is 1.33 bits per heavy atom. The summed E-state index contributed by atoms with van der Waals surface area (Å²) in [6.45, 7) is 8.69. The van der Waals surface area contributed by atoms with Crippen LogP contribution in [0.15, 0.2) is 10.5 Å². The van der Waals surface area contributed by atoms with Crippen LogP contribution in [-0.4, -0.2) is 7.11 Å². The first-order valence-corrected chi connectivity index (χ1v) is 6.69. The summed E-state index contributed by atoms with van der Waals surface area (Å²) in [5.41, 5.74) is 2.58. The zero-order valence-corrected chi connectivity index (χ0v) is 13.5. The molecule has 0 aliphatic carbocycles. The topological polar surface area (TPSA) is 9.23 Å². The Morgan fingerprint density at radius 3 is 2.27 bits per heavy atom. The van der Waals surface area contributed by atoms with Crippen LogP contribution in [0.25, 0.3) is 0 Å². The van der Waals surface area contributed by atoms with Gasteiger partial charge in [-0.25, -0.2) is 0 Å². The van der Waals surface area contributed by atoms with E-state index in [0.717, 1.165) is 10.2 Å². The Morgan fingerprint density at radius 2 is 1.87 bits per heavy atom. The van der Waals surface area contributed by atoms with Crippen LogP contribution in [0.4, 0.5) is 0 Å². The van der Waals surface area contributed by atoms with E-state index >= 15 is 0 Å². The highest BCUT2D eigenvalue weighted by Gasteiger charge is 2.22. The SMILES string of the molecule is COc1c(C(C)(C)C)cc(I)c(C)c1Br. The molecule has 1 rings (SSSR count). The molecular formula is C12H16BrIO. The van der Waals surface area contributed by atoms with Gasteiger partial charge in [-0.3, -0.25) is 0 Å². The molecule has 0 saturated carbocycles. The van der Waals surface area contributed by atoms with Crippen LogP contribution < -0.4 is 4.74 Å². The summed E-state index contributed by atoms with van der Waals surface area (Å²) in [7, 11) is 1.72. The Labute approximate surface area is 114 Å². The van der Waals surface area contributed by atoms with Crippen LogP contribution >= 0.6 is 38.5 Å². The molecule has 0 saturated heterocycles. The third kappa shape index (κ3) is 2.67. The molecule has 0 bridgehead atoms. The van der Waals surface area contributed by atoms with Crippen molar-refractivity contribution in [2.75, 3.05) is 7.11 Å². The molecule has 15 heavy (non-hydrogen) atoms. The molecule has 0 unspecified atom stereocenters. The fourth-order valence-electron chi connectivity index (χ4n) is 1.45. The number of rotatable bonds is 1. The predicted octanol–water partition coefficient (Wildman–Crippen LogP) is 4.67. The zero-order valence-electron chi connectivity index (χ0n) is 9.74. The summed E-state index contributed by atoms with van der Waals surface area (Å²) < 4.78 is 7.83. The first kappa shape index (κ1) is 13.3. The van der Waals surface area contributed by atoms with Crippen LogP contribution in [0.3, 0.4) is 0 Å². The number of halogens is 2. The molecule has 0 spiro atoms. The minimum absolute atomic E-state index is 0.0987. The van der Waals surface area contributed by atoms with Crippen molar-refractivity contribution in [2.45, 2.75) is 33.1 Å². The maximum atomic E-state index is 5.49. The predicted molar refractivity (Wildman–Crippen MR) is 76.8 cm³/mol. The van der Waals surface area contributed by atoms with Crippen molar-refractivity contribution in [3.05, 3.63) is 25.2 Å². The summed E-state index contributed by atoms with van der Waals surface area (Å²) in [5, 5.41) is 0. The molecule has 3 heteroatoms. The standard InChI is InChI=1S/C12H16BrIO/c1-7-9(14)6-8(12(2,3)4)11(15-5)10(7)13/h6H,1-5H3. The highest BCUT2D eigenvalue weighted by molar-refractivity contribution is 14.1.